The Balaban J connectivity index is 1.44. The zero-order chi connectivity index (χ0) is 20.7. The Bertz CT molecular complexity index is 1110. The van der Waals surface area contributed by atoms with Gasteiger partial charge < -0.3 is 9.80 Å². The lowest BCUT2D eigenvalue weighted by atomic mass is 10.2. The van der Waals surface area contributed by atoms with Crippen molar-refractivity contribution in [1.29, 1.82) is 0 Å². The normalized spacial score (nSPS) is 14.6. The maximum absolute atomic E-state index is 12.7. The summed E-state index contributed by atoms with van der Waals surface area (Å²) in [6.07, 6.45) is 1.45. The largest absolute Gasteiger partial charge is 0.345 e. The summed E-state index contributed by atoms with van der Waals surface area (Å²) in [4.78, 5) is 37.9. The van der Waals surface area contributed by atoms with Crippen molar-refractivity contribution in [3.05, 3.63) is 50.7 Å². The average molecular weight is 432 g/mol. The van der Waals surface area contributed by atoms with Gasteiger partial charge >= 0.3 is 0 Å². The van der Waals surface area contributed by atoms with E-state index >= 15 is 0 Å². The number of piperazine rings is 1. The predicted octanol–water partition coefficient (Wildman–Crippen LogP) is 2.78. The second kappa shape index (κ2) is 7.76. The van der Waals surface area contributed by atoms with Gasteiger partial charge in [0.2, 0.25) is 5.91 Å². The molecule has 1 fully saturated rings. The highest BCUT2D eigenvalue weighted by molar-refractivity contribution is 7.22. The number of aromatic nitrogens is 3. The van der Waals surface area contributed by atoms with Gasteiger partial charge in [-0.05, 0) is 32.4 Å². The number of nitrogens with zero attached hydrogens (tertiary/aromatic N) is 5. The van der Waals surface area contributed by atoms with Gasteiger partial charge in [0, 0.05) is 37.4 Å². The van der Waals surface area contributed by atoms with Crippen molar-refractivity contribution in [2.75, 3.05) is 31.1 Å². The molecular formula is C20H22ClN5O2S. The molecule has 152 valence electrons. The number of carbonyl (C=O) groups excluding carboxylic acids is 1. The lowest BCUT2D eigenvalue weighted by Crippen LogP contribution is -2.50. The van der Waals surface area contributed by atoms with Crippen molar-refractivity contribution in [2.45, 2.75) is 27.3 Å². The smallest absolute Gasteiger partial charge is 0.256 e. The van der Waals surface area contributed by atoms with E-state index in [-0.39, 0.29) is 18.0 Å². The van der Waals surface area contributed by atoms with Gasteiger partial charge in [0.15, 0.2) is 5.13 Å². The van der Waals surface area contributed by atoms with Crippen LogP contribution in [-0.4, -0.2) is 51.5 Å². The Kier molecular flexibility index (Phi) is 5.31. The van der Waals surface area contributed by atoms with Crippen LogP contribution in [0, 0.1) is 20.8 Å². The summed E-state index contributed by atoms with van der Waals surface area (Å²) in [5.41, 5.74) is 3.16. The monoisotopic (exact) mass is 431 g/mol. The van der Waals surface area contributed by atoms with E-state index in [0.717, 1.165) is 25.9 Å². The van der Waals surface area contributed by atoms with Gasteiger partial charge in [-0.1, -0.05) is 29.0 Å². The molecule has 0 atom stereocenters. The molecule has 3 heterocycles. The first-order valence-electron chi connectivity index (χ1n) is 9.46. The van der Waals surface area contributed by atoms with Crippen LogP contribution in [0.2, 0.25) is 5.02 Å². The molecule has 1 aliphatic heterocycles. The molecule has 1 saturated heterocycles. The van der Waals surface area contributed by atoms with Gasteiger partial charge in [-0.2, -0.15) is 0 Å². The van der Waals surface area contributed by atoms with E-state index in [2.05, 4.69) is 9.88 Å². The number of anilines is 1. The minimum Gasteiger partial charge on any atom is -0.345 e. The second-order valence-corrected chi connectivity index (χ2v) is 8.68. The molecule has 1 amide bonds. The van der Waals surface area contributed by atoms with Crippen molar-refractivity contribution in [3.63, 3.8) is 0 Å². The van der Waals surface area contributed by atoms with Crippen LogP contribution in [0.5, 0.6) is 0 Å². The fourth-order valence-corrected chi connectivity index (χ4v) is 4.78. The molecule has 29 heavy (non-hydrogen) atoms. The fourth-order valence-electron chi connectivity index (χ4n) is 3.41. The van der Waals surface area contributed by atoms with Crippen LogP contribution in [0.25, 0.3) is 10.2 Å². The lowest BCUT2D eigenvalue weighted by Gasteiger charge is -2.34. The summed E-state index contributed by atoms with van der Waals surface area (Å²) in [7, 11) is 0. The summed E-state index contributed by atoms with van der Waals surface area (Å²) in [5, 5.41) is 1.65. The molecule has 7 nitrogen and oxygen atoms in total. The molecule has 2 aromatic heterocycles. The molecular weight excluding hydrogens is 410 g/mol. The van der Waals surface area contributed by atoms with Crippen LogP contribution < -0.4 is 10.5 Å². The molecule has 0 bridgehead atoms. The molecule has 0 radical (unpaired) electrons. The fraction of sp³-hybridized carbons (Fsp3) is 0.400. The molecule has 1 aliphatic rings. The summed E-state index contributed by atoms with van der Waals surface area (Å²) in [6, 6.07) is 3.88. The maximum Gasteiger partial charge on any atom is 0.256 e. The minimum absolute atomic E-state index is 0.0168. The number of thiazole rings is 1. The number of carbonyl (C=O) groups is 1. The van der Waals surface area contributed by atoms with Crippen molar-refractivity contribution in [3.8, 4) is 0 Å². The standard InChI is InChI=1S/C20H22ClN5O2S/c1-12-4-5-15(21)18-17(12)23-20(29-18)25-8-6-24(7-9-25)16(27)10-26-11-22-14(3)13(2)19(26)28/h4-5,11H,6-10H2,1-3H3. The Labute approximate surface area is 177 Å². The lowest BCUT2D eigenvalue weighted by molar-refractivity contribution is -0.132. The van der Waals surface area contributed by atoms with Crippen LogP contribution in [0.15, 0.2) is 23.3 Å². The second-order valence-electron chi connectivity index (χ2n) is 7.29. The highest BCUT2D eigenvalue weighted by Crippen LogP contribution is 2.35. The van der Waals surface area contributed by atoms with Crippen LogP contribution in [-0.2, 0) is 11.3 Å². The van der Waals surface area contributed by atoms with Gasteiger partial charge in [-0.25, -0.2) is 9.97 Å². The van der Waals surface area contributed by atoms with E-state index in [1.165, 1.54) is 10.9 Å². The predicted molar refractivity (Wildman–Crippen MR) is 116 cm³/mol. The van der Waals surface area contributed by atoms with Gasteiger partial charge in [-0.3, -0.25) is 14.2 Å². The Hall–Kier alpha value is -2.45. The first-order valence-corrected chi connectivity index (χ1v) is 10.7. The van der Waals surface area contributed by atoms with Crippen LogP contribution in [0.4, 0.5) is 5.13 Å². The van der Waals surface area contributed by atoms with E-state index in [1.54, 1.807) is 30.1 Å². The van der Waals surface area contributed by atoms with Gasteiger partial charge in [0.05, 0.1) is 21.6 Å². The summed E-state index contributed by atoms with van der Waals surface area (Å²) in [5.74, 6) is -0.0695. The van der Waals surface area contributed by atoms with Crippen molar-refractivity contribution < 1.29 is 4.79 Å². The van der Waals surface area contributed by atoms with E-state index in [0.29, 0.717) is 37.4 Å². The highest BCUT2D eigenvalue weighted by Gasteiger charge is 2.24. The average Bonchev–Trinajstić information content (AvgIpc) is 3.18. The zero-order valence-electron chi connectivity index (χ0n) is 16.6. The Morgan fingerprint density at radius 3 is 2.59 bits per heavy atom. The number of benzene rings is 1. The number of amides is 1. The first kappa shape index (κ1) is 19.8. The van der Waals surface area contributed by atoms with Gasteiger partial charge in [0.25, 0.3) is 5.56 Å². The molecule has 0 unspecified atom stereocenters. The minimum atomic E-state index is -0.161. The third kappa shape index (κ3) is 3.74. The van der Waals surface area contributed by atoms with E-state index in [9.17, 15) is 9.59 Å². The van der Waals surface area contributed by atoms with Crippen molar-refractivity contribution in [1.82, 2.24) is 19.4 Å². The SMILES string of the molecule is Cc1ncn(CC(=O)N2CCN(c3nc4c(C)ccc(Cl)c4s3)CC2)c(=O)c1C. The Morgan fingerprint density at radius 2 is 1.90 bits per heavy atom. The number of hydrogen-bond acceptors (Lipinski definition) is 6. The van der Waals surface area contributed by atoms with Crippen LogP contribution in [0.1, 0.15) is 16.8 Å². The molecule has 3 aromatic rings. The third-order valence-electron chi connectivity index (χ3n) is 5.41. The molecule has 4 rings (SSSR count). The molecule has 0 saturated carbocycles. The number of halogens is 1. The van der Waals surface area contributed by atoms with E-state index < -0.39 is 0 Å². The number of hydrogen-bond donors (Lipinski definition) is 0. The van der Waals surface area contributed by atoms with Crippen LogP contribution >= 0.6 is 22.9 Å². The topological polar surface area (TPSA) is 71.3 Å². The zero-order valence-corrected chi connectivity index (χ0v) is 18.2. The summed E-state index contributed by atoms with van der Waals surface area (Å²) >= 11 is 7.91. The molecule has 0 N–H and O–H groups in total. The molecule has 0 spiro atoms. The summed E-state index contributed by atoms with van der Waals surface area (Å²) in [6.45, 7) is 8.15. The van der Waals surface area contributed by atoms with E-state index in [4.69, 9.17) is 16.6 Å². The summed E-state index contributed by atoms with van der Waals surface area (Å²) < 4.78 is 2.39. The Morgan fingerprint density at radius 1 is 1.17 bits per heavy atom. The molecule has 9 heteroatoms. The third-order valence-corrected chi connectivity index (χ3v) is 6.99. The molecule has 0 aliphatic carbocycles. The molecule has 1 aromatic carbocycles. The highest BCUT2D eigenvalue weighted by atomic mass is 35.5. The van der Waals surface area contributed by atoms with Gasteiger partial charge in [-0.15, -0.1) is 0 Å². The van der Waals surface area contributed by atoms with E-state index in [1.807, 2.05) is 19.1 Å². The maximum atomic E-state index is 12.7. The number of aryl methyl sites for hydroxylation is 2. The number of rotatable bonds is 3. The number of fused-ring (bicyclic) bond motifs is 1. The quantitative estimate of drug-likeness (QED) is 0.637. The van der Waals surface area contributed by atoms with Crippen molar-refractivity contribution >= 4 is 44.2 Å². The first-order chi connectivity index (χ1) is 13.8. The van der Waals surface area contributed by atoms with Crippen LogP contribution in [0.3, 0.4) is 0 Å². The van der Waals surface area contributed by atoms with Crippen molar-refractivity contribution in [2.24, 2.45) is 0 Å². The van der Waals surface area contributed by atoms with Gasteiger partial charge in [0.1, 0.15) is 6.54 Å².